The molecule has 0 radical (unpaired) electrons. The summed E-state index contributed by atoms with van der Waals surface area (Å²) in [5.41, 5.74) is 0.590. The van der Waals surface area contributed by atoms with Gasteiger partial charge in [0.25, 0.3) is 0 Å². The van der Waals surface area contributed by atoms with Gasteiger partial charge in [-0.15, -0.1) is 0 Å². The lowest BCUT2D eigenvalue weighted by Gasteiger charge is -2.15. The van der Waals surface area contributed by atoms with Crippen molar-refractivity contribution in [3.05, 3.63) is 22.2 Å². The minimum atomic E-state index is -0.0332. The zero-order valence-electron chi connectivity index (χ0n) is 11.0. The van der Waals surface area contributed by atoms with Gasteiger partial charge in [-0.3, -0.25) is 4.79 Å². The standard InChI is InChI=1S/C13H17BrO3S/c1-8(7-18-4)12(15)9-5-6-10(16-2)11(14)13(9)17-3/h5-6,8H,7H2,1-4H3. The maximum atomic E-state index is 12.3. The average molecular weight is 333 g/mol. The van der Waals surface area contributed by atoms with E-state index in [9.17, 15) is 4.79 Å². The summed E-state index contributed by atoms with van der Waals surface area (Å²) in [4.78, 5) is 12.3. The van der Waals surface area contributed by atoms with Crippen LogP contribution < -0.4 is 9.47 Å². The van der Waals surface area contributed by atoms with E-state index in [0.717, 1.165) is 5.75 Å². The van der Waals surface area contributed by atoms with Crippen LogP contribution in [0.15, 0.2) is 16.6 Å². The van der Waals surface area contributed by atoms with Crippen molar-refractivity contribution < 1.29 is 14.3 Å². The van der Waals surface area contributed by atoms with Crippen LogP contribution in [0.5, 0.6) is 11.5 Å². The summed E-state index contributed by atoms with van der Waals surface area (Å²) in [5.74, 6) is 2.04. The quantitative estimate of drug-likeness (QED) is 0.745. The van der Waals surface area contributed by atoms with E-state index in [0.29, 0.717) is 21.5 Å². The smallest absolute Gasteiger partial charge is 0.170 e. The van der Waals surface area contributed by atoms with Gasteiger partial charge in [-0.05, 0) is 34.3 Å². The fraction of sp³-hybridized carbons (Fsp3) is 0.462. The molecule has 0 bridgehead atoms. The molecule has 5 heteroatoms. The van der Waals surface area contributed by atoms with Crippen LogP contribution in [-0.4, -0.2) is 32.0 Å². The van der Waals surface area contributed by atoms with Crippen molar-refractivity contribution in [3.8, 4) is 11.5 Å². The lowest BCUT2D eigenvalue weighted by Crippen LogP contribution is -2.15. The summed E-state index contributed by atoms with van der Waals surface area (Å²) in [5, 5.41) is 0. The lowest BCUT2D eigenvalue weighted by molar-refractivity contribution is 0.0938. The fourth-order valence-corrected chi connectivity index (χ4v) is 3.00. The molecule has 1 aromatic rings. The van der Waals surface area contributed by atoms with E-state index >= 15 is 0 Å². The first-order valence-electron chi connectivity index (χ1n) is 5.50. The molecule has 100 valence electrons. The van der Waals surface area contributed by atoms with E-state index in [4.69, 9.17) is 9.47 Å². The zero-order valence-corrected chi connectivity index (χ0v) is 13.4. The average Bonchev–Trinajstić information content (AvgIpc) is 2.37. The van der Waals surface area contributed by atoms with Crippen molar-refractivity contribution in [2.45, 2.75) is 6.92 Å². The Morgan fingerprint density at radius 2 is 2.06 bits per heavy atom. The first-order valence-corrected chi connectivity index (χ1v) is 7.69. The lowest BCUT2D eigenvalue weighted by atomic mass is 10.00. The molecule has 0 saturated heterocycles. The number of methoxy groups -OCH3 is 2. The zero-order chi connectivity index (χ0) is 13.7. The fourth-order valence-electron chi connectivity index (χ4n) is 1.68. The highest BCUT2D eigenvalue weighted by Gasteiger charge is 2.22. The van der Waals surface area contributed by atoms with Gasteiger partial charge in [-0.25, -0.2) is 0 Å². The Balaban J connectivity index is 3.17. The molecule has 1 unspecified atom stereocenters. The Bertz CT molecular complexity index is 434. The van der Waals surface area contributed by atoms with Gasteiger partial charge >= 0.3 is 0 Å². The number of hydrogen-bond acceptors (Lipinski definition) is 4. The molecule has 0 heterocycles. The molecule has 1 rings (SSSR count). The SMILES string of the molecule is COc1ccc(C(=O)C(C)CSC)c(OC)c1Br. The number of Topliss-reactive ketones (excluding diaryl/α,β-unsaturated/α-hetero) is 1. The second kappa shape index (κ2) is 7.04. The topological polar surface area (TPSA) is 35.5 Å². The second-order valence-corrected chi connectivity index (χ2v) is 5.59. The maximum absolute atomic E-state index is 12.3. The first-order chi connectivity index (χ1) is 8.56. The van der Waals surface area contributed by atoms with Crippen LogP contribution in [-0.2, 0) is 0 Å². The Morgan fingerprint density at radius 1 is 1.39 bits per heavy atom. The highest BCUT2D eigenvalue weighted by atomic mass is 79.9. The molecule has 0 aliphatic rings. The van der Waals surface area contributed by atoms with E-state index in [-0.39, 0.29) is 11.7 Å². The normalized spacial score (nSPS) is 12.1. The van der Waals surface area contributed by atoms with Gasteiger partial charge in [0, 0.05) is 11.7 Å². The third kappa shape index (κ3) is 3.20. The molecule has 0 fully saturated rings. The number of carbonyl (C=O) groups excluding carboxylic acids is 1. The van der Waals surface area contributed by atoms with Crippen molar-refractivity contribution >= 4 is 33.5 Å². The van der Waals surface area contributed by atoms with E-state index in [1.54, 1.807) is 38.1 Å². The summed E-state index contributed by atoms with van der Waals surface area (Å²) in [6.45, 7) is 1.93. The number of hydrogen-bond donors (Lipinski definition) is 0. The molecule has 3 nitrogen and oxygen atoms in total. The van der Waals surface area contributed by atoms with Crippen molar-refractivity contribution in [2.75, 3.05) is 26.2 Å². The van der Waals surface area contributed by atoms with Crippen molar-refractivity contribution in [3.63, 3.8) is 0 Å². The second-order valence-electron chi connectivity index (χ2n) is 3.88. The summed E-state index contributed by atoms with van der Waals surface area (Å²) in [6, 6.07) is 3.52. The number of carbonyl (C=O) groups is 1. The predicted octanol–water partition coefficient (Wildman–Crippen LogP) is 3.65. The molecule has 0 N–H and O–H groups in total. The maximum Gasteiger partial charge on any atom is 0.170 e. The number of benzene rings is 1. The van der Waals surface area contributed by atoms with Crippen LogP contribution in [0, 0.1) is 5.92 Å². The van der Waals surface area contributed by atoms with E-state index in [2.05, 4.69) is 15.9 Å². The molecule has 18 heavy (non-hydrogen) atoms. The van der Waals surface area contributed by atoms with Crippen LogP contribution in [0.3, 0.4) is 0 Å². The Labute approximate surface area is 120 Å². The molecule has 0 saturated carbocycles. The molecular formula is C13H17BrO3S. The van der Waals surface area contributed by atoms with Gasteiger partial charge in [0.2, 0.25) is 0 Å². The number of rotatable bonds is 6. The van der Waals surface area contributed by atoms with Gasteiger partial charge < -0.3 is 9.47 Å². The summed E-state index contributed by atoms with van der Waals surface area (Å²) < 4.78 is 11.2. The number of ketones is 1. The van der Waals surface area contributed by atoms with Gasteiger partial charge in [-0.2, -0.15) is 11.8 Å². The Hall–Kier alpha value is -0.680. The highest BCUT2D eigenvalue weighted by Crippen LogP contribution is 2.38. The van der Waals surface area contributed by atoms with Crippen LogP contribution in [0.4, 0.5) is 0 Å². The van der Waals surface area contributed by atoms with Gasteiger partial charge in [-0.1, -0.05) is 6.92 Å². The minimum Gasteiger partial charge on any atom is -0.495 e. The van der Waals surface area contributed by atoms with E-state index in [1.807, 2.05) is 13.2 Å². The van der Waals surface area contributed by atoms with Crippen LogP contribution in [0.1, 0.15) is 17.3 Å². The monoisotopic (exact) mass is 332 g/mol. The number of halogens is 1. The largest absolute Gasteiger partial charge is 0.495 e. The highest BCUT2D eigenvalue weighted by molar-refractivity contribution is 9.10. The first kappa shape index (κ1) is 15.4. The van der Waals surface area contributed by atoms with Crippen LogP contribution in [0.25, 0.3) is 0 Å². The molecule has 0 aliphatic heterocycles. The van der Waals surface area contributed by atoms with Gasteiger partial charge in [0.1, 0.15) is 16.0 Å². The third-order valence-electron chi connectivity index (χ3n) is 2.62. The minimum absolute atomic E-state index is 0.0332. The van der Waals surface area contributed by atoms with E-state index in [1.165, 1.54) is 0 Å². The summed E-state index contributed by atoms with van der Waals surface area (Å²) in [6.07, 6.45) is 1.99. The van der Waals surface area contributed by atoms with E-state index < -0.39 is 0 Å². The third-order valence-corrected chi connectivity index (χ3v) is 4.20. The number of thioether (sulfide) groups is 1. The molecule has 1 aromatic carbocycles. The molecule has 0 spiro atoms. The summed E-state index contributed by atoms with van der Waals surface area (Å²) in [7, 11) is 3.13. The van der Waals surface area contributed by atoms with Crippen molar-refractivity contribution in [2.24, 2.45) is 5.92 Å². The van der Waals surface area contributed by atoms with Crippen LogP contribution >= 0.6 is 27.7 Å². The van der Waals surface area contributed by atoms with Gasteiger partial charge in [0.15, 0.2) is 5.78 Å². The predicted molar refractivity (Wildman–Crippen MR) is 79.1 cm³/mol. The van der Waals surface area contributed by atoms with Crippen molar-refractivity contribution in [1.82, 2.24) is 0 Å². The Kier molecular flexibility index (Phi) is 6.02. The molecular weight excluding hydrogens is 316 g/mol. The Morgan fingerprint density at radius 3 is 2.56 bits per heavy atom. The summed E-state index contributed by atoms with van der Waals surface area (Å²) >= 11 is 5.06. The molecule has 0 aliphatic carbocycles. The van der Waals surface area contributed by atoms with Crippen molar-refractivity contribution in [1.29, 1.82) is 0 Å². The van der Waals surface area contributed by atoms with Crippen LogP contribution in [0.2, 0.25) is 0 Å². The van der Waals surface area contributed by atoms with Gasteiger partial charge in [0.05, 0.1) is 19.8 Å². The molecule has 1 atom stereocenters. The number of ether oxygens (including phenoxy) is 2. The molecule has 0 aromatic heterocycles. The molecule has 0 amide bonds.